The molecule has 0 radical (unpaired) electrons. The number of carboxylic acid groups (broad SMARTS) is 1. The molecule has 3 aromatic carbocycles. The van der Waals surface area contributed by atoms with Crippen LogP contribution in [-0.2, 0) is 9.53 Å². The van der Waals surface area contributed by atoms with Crippen molar-refractivity contribution in [2.75, 3.05) is 18.5 Å². The van der Waals surface area contributed by atoms with E-state index in [1.807, 2.05) is 31.2 Å². The van der Waals surface area contributed by atoms with E-state index in [-0.39, 0.29) is 19.1 Å². The van der Waals surface area contributed by atoms with E-state index in [0.29, 0.717) is 17.7 Å². The van der Waals surface area contributed by atoms with Crippen LogP contribution < -0.4 is 10.6 Å². The predicted molar refractivity (Wildman–Crippen MR) is 134 cm³/mol. The maximum Gasteiger partial charge on any atom is 0.411 e. The number of rotatable bonds is 8. The second kappa shape index (κ2) is 10.4. The van der Waals surface area contributed by atoms with Gasteiger partial charge in [0.25, 0.3) is 5.91 Å². The van der Waals surface area contributed by atoms with Gasteiger partial charge in [-0.05, 0) is 53.3 Å². The molecule has 0 heterocycles. The quantitative estimate of drug-likeness (QED) is 0.418. The van der Waals surface area contributed by atoms with Crippen molar-refractivity contribution < 1.29 is 24.2 Å². The third-order valence-electron chi connectivity index (χ3n) is 6.43. The van der Waals surface area contributed by atoms with Crippen molar-refractivity contribution in [2.24, 2.45) is 5.92 Å². The molecule has 7 nitrogen and oxygen atoms in total. The lowest BCUT2D eigenvalue weighted by atomic mass is 9.98. The van der Waals surface area contributed by atoms with Crippen LogP contribution in [0.4, 0.5) is 10.5 Å². The molecule has 1 aliphatic rings. The summed E-state index contributed by atoms with van der Waals surface area (Å²) in [6.45, 7) is 3.80. The number of ether oxygens (including phenoxy) is 1. The van der Waals surface area contributed by atoms with Gasteiger partial charge in [-0.15, -0.1) is 0 Å². The Morgan fingerprint density at radius 3 is 2.20 bits per heavy atom. The molecule has 2 amide bonds. The van der Waals surface area contributed by atoms with Gasteiger partial charge in [0.1, 0.15) is 6.61 Å². The summed E-state index contributed by atoms with van der Waals surface area (Å²) in [5.74, 6) is -2.05. The van der Waals surface area contributed by atoms with Gasteiger partial charge in [-0.2, -0.15) is 0 Å². The van der Waals surface area contributed by atoms with E-state index in [0.717, 1.165) is 27.8 Å². The molecule has 180 valence electrons. The van der Waals surface area contributed by atoms with Crippen LogP contribution in [0.15, 0.2) is 66.7 Å². The maximum absolute atomic E-state index is 12.7. The number of nitrogens with one attached hydrogen (secondary N) is 2. The molecule has 0 fully saturated rings. The van der Waals surface area contributed by atoms with E-state index in [4.69, 9.17) is 9.84 Å². The van der Waals surface area contributed by atoms with E-state index in [1.54, 1.807) is 25.1 Å². The number of carboxylic acids is 1. The van der Waals surface area contributed by atoms with Crippen molar-refractivity contribution >= 4 is 23.7 Å². The van der Waals surface area contributed by atoms with Crippen LogP contribution in [0.25, 0.3) is 11.1 Å². The highest BCUT2D eigenvalue weighted by atomic mass is 16.5. The molecular formula is C28H28N2O5. The Hall–Kier alpha value is -4.13. The zero-order chi connectivity index (χ0) is 24.9. The Morgan fingerprint density at radius 2 is 1.60 bits per heavy atom. The SMILES string of the molecule is CCC(CNC(=O)c1ccc(C)c(NC(=O)OCC2c3ccccc3-c3ccccc32)c1)C(=O)O. The first-order valence-electron chi connectivity index (χ1n) is 11.6. The van der Waals surface area contributed by atoms with Crippen molar-refractivity contribution in [3.63, 3.8) is 0 Å². The number of anilines is 1. The summed E-state index contributed by atoms with van der Waals surface area (Å²) in [5, 5.41) is 14.5. The maximum atomic E-state index is 12.7. The number of aliphatic carboxylic acids is 1. The van der Waals surface area contributed by atoms with Crippen LogP contribution in [0.3, 0.4) is 0 Å². The van der Waals surface area contributed by atoms with Gasteiger partial charge in [0, 0.05) is 23.7 Å². The molecule has 7 heteroatoms. The minimum atomic E-state index is -0.950. The third-order valence-corrected chi connectivity index (χ3v) is 6.43. The van der Waals surface area contributed by atoms with Crippen LogP contribution in [0.2, 0.25) is 0 Å². The molecule has 0 aromatic heterocycles. The Kier molecular flexibility index (Phi) is 7.15. The summed E-state index contributed by atoms with van der Waals surface area (Å²) in [4.78, 5) is 36.4. The Balaban J connectivity index is 1.41. The second-order valence-electron chi connectivity index (χ2n) is 8.63. The van der Waals surface area contributed by atoms with Gasteiger partial charge < -0.3 is 15.2 Å². The van der Waals surface area contributed by atoms with Gasteiger partial charge in [0.2, 0.25) is 0 Å². The highest BCUT2D eigenvalue weighted by molar-refractivity contribution is 5.97. The normalized spacial score (nSPS) is 12.9. The fourth-order valence-electron chi connectivity index (χ4n) is 4.37. The lowest BCUT2D eigenvalue weighted by Gasteiger charge is -2.16. The number of hydrogen-bond donors (Lipinski definition) is 3. The van der Waals surface area contributed by atoms with Gasteiger partial charge in [0.15, 0.2) is 0 Å². The van der Waals surface area contributed by atoms with Gasteiger partial charge in [-0.3, -0.25) is 14.9 Å². The lowest BCUT2D eigenvalue weighted by molar-refractivity contribution is -0.141. The van der Waals surface area contributed by atoms with E-state index >= 15 is 0 Å². The molecule has 0 saturated heterocycles. The summed E-state index contributed by atoms with van der Waals surface area (Å²) in [7, 11) is 0. The van der Waals surface area contributed by atoms with Gasteiger partial charge in [0.05, 0.1) is 5.92 Å². The molecule has 0 aliphatic heterocycles. The number of amides is 2. The van der Waals surface area contributed by atoms with E-state index < -0.39 is 23.9 Å². The van der Waals surface area contributed by atoms with Crippen molar-refractivity contribution in [2.45, 2.75) is 26.2 Å². The summed E-state index contributed by atoms with van der Waals surface area (Å²) < 4.78 is 5.60. The van der Waals surface area contributed by atoms with Crippen molar-refractivity contribution in [1.82, 2.24) is 5.32 Å². The minimum absolute atomic E-state index is 0.0354. The average molecular weight is 473 g/mol. The largest absolute Gasteiger partial charge is 0.481 e. The number of aryl methyl sites for hydroxylation is 1. The fourth-order valence-corrected chi connectivity index (χ4v) is 4.37. The molecular weight excluding hydrogens is 444 g/mol. The van der Waals surface area contributed by atoms with Gasteiger partial charge in [-0.25, -0.2) is 4.79 Å². The van der Waals surface area contributed by atoms with Crippen LogP contribution in [0.5, 0.6) is 0 Å². The van der Waals surface area contributed by atoms with E-state index in [9.17, 15) is 14.4 Å². The topological polar surface area (TPSA) is 105 Å². The molecule has 3 N–H and O–H groups in total. The number of carbonyl (C=O) groups is 3. The Labute approximate surface area is 204 Å². The zero-order valence-electron chi connectivity index (χ0n) is 19.7. The molecule has 35 heavy (non-hydrogen) atoms. The third kappa shape index (κ3) is 5.19. The van der Waals surface area contributed by atoms with Crippen molar-refractivity contribution in [3.8, 4) is 11.1 Å². The van der Waals surface area contributed by atoms with Crippen LogP contribution in [0.1, 0.15) is 46.3 Å². The molecule has 1 aliphatic carbocycles. The molecule has 0 spiro atoms. The minimum Gasteiger partial charge on any atom is -0.481 e. The first-order valence-corrected chi connectivity index (χ1v) is 11.6. The molecule has 1 atom stereocenters. The molecule has 1 unspecified atom stereocenters. The van der Waals surface area contributed by atoms with Gasteiger partial charge in [-0.1, -0.05) is 61.5 Å². The molecule has 3 aromatic rings. The van der Waals surface area contributed by atoms with Crippen molar-refractivity contribution in [1.29, 1.82) is 0 Å². The van der Waals surface area contributed by atoms with Crippen LogP contribution in [-0.4, -0.2) is 36.2 Å². The second-order valence-corrected chi connectivity index (χ2v) is 8.63. The van der Waals surface area contributed by atoms with E-state index in [1.165, 1.54) is 0 Å². The number of carbonyl (C=O) groups excluding carboxylic acids is 2. The summed E-state index contributed by atoms with van der Waals surface area (Å²) in [5.41, 5.74) is 6.11. The number of benzene rings is 3. The Bertz CT molecular complexity index is 1220. The fraction of sp³-hybridized carbons (Fsp3) is 0.250. The first-order chi connectivity index (χ1) is 16.9. The average Bonchev–Trinajstić information content (AvgIpc) is 3.18. The highest BCUT2D eigenvalue weighted by Crippen LogP contribution is 2.44. The molecule has 0 bridgehead atoms. The number of fused-ring (bicyclic) bond motifs is 3. The van der Waals surface area contributed by atoms with Crippen LogP contribution in [0, 0.1) is 12.8 Å². The van der Waals surface area contributed by atoms with E-state index in [2.05, 4.69) is 34.9 Å². The summed E-state index contributed by atoms with van der Waals surface area (Å²) in [6.07, 6.45) is -0.192. The summed E-state index contributed by atoms with van der Waals surface area (Å²) >= 11 is 0. The molecule has 4 rings (SSSR count). The van der Waals surface area contributed by atoms with Gasteiger partial charge >= 0.3 is 12.1 Å². The predicted octanol–water partition coefficient (Wildman–Crippen LogP) is 5.20. The zero-order valence-corrected chi connectivity index (χ0v) is 19.7. The standard InChI is InChI=1S/C28H28N2O5/c1-3-18(27(32)33)15-29-26(31)19-13-12-17(2)25(14-19)30-28(34)35-16-24-22-10-6-4-8-20(22)21-9-5-7-11-23(21)24/h4-14,18,24H,3,15-16H2,1-2H3,(H,29,31)(H,30,34)(H,32,33). The lowest BCUT2D eigenvalue weighted by Crippen LogP contribution is -2.32. The smallest absolute Gasteiger partial charge is 0.411 e. The molecule has 0 saturated carbocycles. The monoisotopic (exact) mass is 472 g/mol. The first kappa shape index (κ1) is 24.0. The van der Waals surface area contributed by atoms with Crippen LogP contribution >= 0.6 is 0 Å². The number of hydrogen-bond acceptors (Lipinski definition) is 4. The highest BCUT2D eigenvalue weighted by Gasteiger charge is 2.29. The summed E-state index contributed by atoms with van der Waals surface area (Å²) in [6, 6.07) is 21.2. The Morgan fingerprint density at radius 1 is 0.971 bits per heavy atom. The van der Waals surface area contributed by atoms with Crippen molar-refractivity contribution in [3.05, 3.63) is 89.0 Å².